The lowest BCUT2D eigenvalue weighted by atomic mass is 10.0. The lowest BCUT2D eigenvalue weighted by molar-refractivity contribution is 0.0218. The molecule has 2 aliphatic rings. The Morgan fingerprint density at radius 2 is 2.06 bits per heavy atom. The first kappa shape index (κ1) is 24.2. The number of amides is 1. The van der Waals surface area contributed by atoms with E-state index in [2.05, 4.69) is 22.9 Å². The summed E-state index contributed by atoms with van der Waals surface area (Å²) < 4.78 is 27.2. The minimum absolute atomic E-state index is 0.0124. The number of anilines is 1. The summed E-state index contributed by atoms with van der Waals surface area (Å²) in [6, 6.07) is 6.52. The first-order valence-electron chi connectivity index (χ1n) is 12.3. The van der Waals surface area contributed by atoms with Gasteiger partial charge in [0.1, 0.15) is 23.6 Å². The molecule has 2 aliphatic heterocycles. The third-order valence-electron chi connectivity index (χ3n) is 6.51. The van der Waals surface area contributed by atoms with Crippen LogP contribution in [0.3, 0.4) is 0 Å². The normalized spacial score (nSPS) is 18.9. The number of fused-ring (bicyclic) bond motifs is 1. The number of benzene rings is 1. The number of carbonyl (C=O) groups excluding carboxylic acids is 1. The molecule has 0 N–H and O–H groups in total. The van der Waals surface area contributed by atoms with Crippen LogP contribution in [0, 0.1) is 5.82 Å². The zero-order valence-electron chi connectivity index (χ0n) is 21.2. The van der Waals surface area contributed by atoms with Crippen molar-refractivity contribution in [2.24, 2.45) is 0 Å². The molecule has 0 saturated carbocycles. The second-order valence-corrected chi connectivity index (χ2v) is 10.3. The Kier molecular flexibility index (Phi) is 6.42. The van der Waals surface area contributed by atoms with Gasteiger partial charge in [-0.2, -0.15) is 0 Å². The van der Waals surface area contributed by atoms with Gasteiger partial charge in [0.2, 0.25) is 0 Å². The summed E-state index contributed by atoms with van der Waals surface area (Å²) in [7, 11) is 0. The first-order chi connectivity index (χ1) is 17.2. The molecule has 3 aromatic rings. The summed E-state index contributed by atoms with van der Waals surface area (Å²) >= 11 is 0. The van der Waals surface area contributed by atoms with E-state index in [1.165, 1.54) is 12.1 Å². The van der Waals surface area contributed by atoms with Crippen LogP contribution in [-0.4, -0.2) is 70.0 Å². The zero-order chi connectivity index (χ0) is 25.4. The van der Waals surface area contributed by atoms with E-state index in [4.69, 9.17) is 14.5 Å². The number of hydrogen-bond donors (Lipinski definition) is 0. The predicted molar refractivity (Wildman–Crippen MR) is 137 cm³/mol. The highest BCUT2D eigenvalue weighted by atomic mass is 19.1. The number of carbonyl (C=O) groups is 1. The molecule has 1 fully saturated rings. The van der Waals surface area contributed by atoms with Gasteiger partial charge in [-0.05, 0) is 57.9 Å². The van der Waals surface area contributed by atoms with Crippen LogP contribution in [0.1, 0.15) is 39.7 Å². The highest BCUT2D eigenvalue weighted by molar-refractivity contribution is 5.99. The Balaban J connectivity index is 1.56. The van der Waals surface area contributed by atoms with Crippen molar-refractivity contribution in [2.75, 3.05) is 37.7 Å². The number of rotatable bonds is 3. The van der Waals surface area contributed by atoms with E-state index < -0.39 is 5.60 Å². The fraction of sp³-hybridized carbons (Fsp3) is 0.444. The maximum atomic E-state index is 14.1. The quantitative estimate of drug-likeness (QED) is 0.522. The fourth-order valence-corrected chi connectivity index (χ4v) is 4.87. The molecule has 4 heterocycles. The van der Waals surface area contributed by atoms with Gasteiger partial charge in [0.25, 0.3) is 0 Å². The van der Waals surface area contributed by atoms with Crippen LogP contribution in [-0.2, 0) is 9.47 Å². The van der Waals surface area contributed by atoms with Crippen LogP contribution in [0.2, 0.25) is 0 Å². The lowest BCUT2D eigenvalue weighted by Crippen LogP contribution is -2.54. The lowest BCUT2D eigenvalue weighted by Gasteiger charge is -2.41. The minimum atomic E-state index is -0.539. The topological polar surface area (TPSA) is 72.7 Å². The molecule has 1 atom stereocenters. The minimum Gasteiger partial charge on any atom is -0.444 e. The monoisotopic (exact) mass is 493 g/mol. The Hall–Kier alpha value is -3.46. The van der Waals surface area contributed by atoms with Gasteiger partial charge in [0.15, 0.2) is 5.65 Å². The van der Waals surface area contributed by atoms with E-state index in [1.54, 1.807) is 17.3 Å². The van der Waals surface area contributed by atoms with Gasteiger partial charge in [-0.3, -0.25) is 0 Å². The van der Waals surface area contributed by atoms with Gasteiger partial charge >= 0.3 is 6.09 Å². The van der Waals surface area contributed by atoms with Crippen molar-refractivity contribution in [2.45, 2.75) is 45.8 Å². The number of aromatic nitrogens is 3. The standard InChI is InChI=1S/C27H32FN5O3/c1-18-15-31(26(34)36-27(2,3)4)10-11-32(18)24-23-22(19-8-12-35-13-9-19)16-33(25(23)30-17-29-24)21-7-5-6-20(28)14-21/h5-8,14,16-18H,9-13,15H2,1-4H3/t18-/m0/s1. The molecule has 5 rings (SSSR count). The number of piperazine rings is 1. The molecular weight excluding hydrogens is 461 g/mol. The third-order valence-corrected chi connectivity index (χ3v) is 6.51. The van der Waals surface area contributed by atoms with E-state index in [0.29, 0.717) is 38.5 Å². The molecule has 0 unspecified atom stereocenters. The van der Waals surface area contributed by atoms with Gasteiger partial charge in [-0.15, -0.1) is 0 Å². The van der Waals surface area contributed by atoms with Crippen molar-refractivity contribution in [1.29, 1.82) is 0 Å². The fourth-order valence-electron chi connectivity index (χ4n) is 4.87. The van der Waals surface area contributed by atoms with Gasteiger partial charge in [-0.25, -0.2) is 19.2 Å². The van der Waals surface area contributed by atoms with Crippen molar-refractivity contribution in [3.05, 3.63) is 54.2 Å². The maximum absolute atomic E-state index is 14.1. The molecule has 0 bridgehead atoms. The molecule has 190 valence electrons. The van der Waals surface area contributed by atoms with Gasteiger partial charge in [-0.1, -0.05) is 12.1 Å². The number of halogens is 1. The summed E-state index contributed by atoms with van der Waals surface area (Å²) in [6.45, 7) is 10.6. The number of hydrogen-bond acceptors (Lipinski definition) is 6. The van der Waals surface area contributed by atoms with Crippen LogP contribution < -0.4 is 4.90 Å². The Morgan fingerprint density at radius 3 is 2.75 bits per heavy atom. The molecule has 1 amide bonds. The molecular formula is C27H32FN5O3. The second kappa shape index (κ2) is 9.54. The first-order valence-corrected chi connectivity index (χ1v) is 12.3. The Morgan fingerprint density at radius 1 is 1.22 bits per heavy atom. The van der Waals surface area contributed by atoms with Crippen LogP contribution in [0.25, 0.3) is 22.3 Å². The summed E-state index contributed by atoms with van der Waals surface area (Å²) in [5, 5.41) is 0.924. The van der Waals surface area contributed by atoms with E-state index in [9.17, 15) is 9.18 Å². The predicted octanol–water partition coefficient (Wildman–Crippen LogP) is 4.81. The Bertz CT molecular complexity index is 1310. The van der Waals surface area contributed by atoms with Gasteiger partial charge in [0.05, 0.1) is 18.6 Å². The molecule has 1 saturated heterocycles. The van der Waals surface area contributed by atoms with Gasteiger partial charge < -0.3 is 23.8 Å². The summed E-state index contributed by atoms with van der Waals surface area (Å²) in [5.74, 6) is 0.510. The Labute approximate surface area is 210 Å². The molecule has 36 heavy (non-hydrogen) atoms. The number of ether oxygens (including phenoxy) is 2. The average Bonchev–Trinajstić information content (AvgIpc) is 3.24. The van der Waals surface area contributed by atoms with E-state index in [-0.39, 0.29) is 18.0 Å². The summed E-state index contributed by atoms with van der Waals surface area (Å²) in [5.41, 5.74) is 3.07. The van der Waals surface area contributed by atoms with Crippen molar-refractivity contribution in [3.8, 4) is 5.69 Å². The van der Waals surface area contributed by atoms with Crippen LogP contribution in [0.4, 0.5) is 15.0 Å². The average molecular weight is 494 g/mol. The SMILES string of the molecule is C[C@H]1CN(C(=O)OC(C)(C)C)CCN1c1ncnc2c1c(C1=CCOCC1)cn2-c1cccc(F)c1. The highest BCUT2D eigenvalue weighted by Crippen LogP contribution is 2.37. The van der Waals surface area contributed by atoms with E-state index in [1.807, 2.05) is 37.6 Å². The zero-order valence-corrected chi connectivity index (χ0v) is 21.2. The van der Waals surface area contributed by atoms with E-state index >= 15 is 0 Å². The summed E-state index contributed by atoms with van der Waals surface area (Å²) in [4.78, 5) is 26.0. The van der Waals surface area contributed by atoms with Gasteiger partial charge in [0, 0.05) is 43.1 Å². The summed E-state index contributed by atoms with van der Waals surface area (Å²) in [6.07, 6.45) is 6.15. The van der Waals surface area contributed by atoms with Crippen LogP contribution >= 0.6 is 0 Å². The molecule has 2 aromatic heterocycles. The molecule has 1 aromatic carbocycles. The van der Waals surface area contributed by atoms with Crippen molar-refractivity contribution in [3.63, 3.8) is 0 Å². The van der Waals surface area contributed by atoms with Crippen molar-refractivity contribution in [1.82, 2.24) is 19.4 Å². The van der Waals surface area contributed by atoms with Crippen LogP contribution in [0.15, 0.2) is 42.9 Å². The van der Waals surface area contributed by atoms with Crippen LogP contribution in [0.5, 0.6) is 0 Å². The number of nitrogens with zero attached hydrogens (tertiary/aromatic N) is 5. The molecule has 9 heteroatoms. The largest absolute Gasteiger partial charge is 0.444 e. The highest BCUT2D eigenvalue weighted by Gasteiger charge is 2.32. The van der Waals surface area contributed by atoms with Crippen molar-refractivity contribution >= 4 is 28.5 Å². The third kappa shape index (κ3) is 4.80. The van der Waals surface area contributed by atoms with E-state index in [0.717, 1.165) is 34.4 Å². The molecule has 8 nitrogen and oxygen atoms in total. The second-order valence-electron chi connectivity index (χ2n) is 10.3. The molecule has 0 aliphatic carbocycles. The van der Waals surface area contributed by atoms with Crippen molar-refractivity contribution < 1.29 is 18.7 Å². The molecule has 0 spiro atoms. The smallest absolute Gasteiger partial charge is 0.410 e. The maximum Gasteiger partial charge on any atom is 0.410 e. The molecule has 0 radical (unpaired) electrons.